The Kier molecular flexibility index (Phi) is 13.2. The average Bonchev–Trinajstić information content (AvgIpc) is 3.35. The molecule has 5 atom stereocenters. The van der Waals surface area contributed by atoms with Gasteiger partial charge in [-0.05, 0) is 62.1 Å². The molecule has 2 unspecified atom stereocenters. The van der Waals surface area contributed by atoms with Crippen molar-refractivity contribution in [2.75, 3.05) is 41.1 Å². The summed E-state index contributed by atoms with van der Waals surface area (Å²) in [5.41, 5.74) is 5.83. The molecule has 0 saturated carbocycles. The van der Waals surface area contributed by atoms with Crippen LogP contribution in [0.1, 0.15) is 72.4 Å². The molecule has 228 valence electrons. The van der Waals surface area contributed by atoms with Crippen molar-refractivity contribution in [3.8, 4) is 11.5 Å². The van der Waals surface area contributed by atoms with Gasteiger partial charge in [0.25, 0.3) is 0 Å². The van der Waals surface area contributed by atoms with Crippen molar-refractivity contribution in [2.24, 2.45) is 34.8 Å². The molecule has 9 nitrogen and oxygen atoms in total. The molecule has 0 spiro atoms. The van der Waals surface area contributed by atoms with Gasteiger partial charge in [-0.3, -0.25) is 9.59 Å². The molecule has 0 radical (unpaired) electrons. The van der Waals surface area contributed by atoms with Crippen molar-refractivity contribution in [1.29, 1.82) is 0 Å². The Hall–Kier alpha value is -2.36. The largest absolute Gasteiger partial charge is 0.493 e. The van der Waals surface area contributed by atoms with E-state index >= 15 is 0 Å². The minimum atomic E-state index is -0.812. The third-order valence-electron chi connectivity index (χ3n) is 8.25. The number of nitrogens with two attached hydrogens (primary N) is 1. The fraction of sp³-hybridized carbons (Fsp3) is 0.742. The van der Waals surface area contributed by atoms with Crippen molar-refractivity contribution < 1.29 is 28.5 Å². The van der Waals surface area contributed by atoms with Gasteiger partial charge in [0.05, 0.1) is 25.2 Å². The molecule has 1 aromatic rings. The van der Waals surface area contributed by atoms with Crippen LogP contribution < -0.4 is 25.8 Å². The van der Waals surface area contributed by atoms with E-state index in [0.717, 1.165) is 24.2 Å². The summed E-state index contributed by atoms with van der Waals surface area (Å²) >= 11 is 0. The Labute approximate surface area is 241 Å². The Morgan fingerprint density at radius 3 is 2.35 bits per heavy atom. The van der Waals surface area contributed by atoms with E-state index in [2.05, 4.69) is 36.6 Å². The molecule has 1 aliphatic heterocycles. The van der Waals surface area contributed by atoms with Crippen molar-refractivity contribution >= 4 is 11.8 Å². The highest BCUT2D eigenvalue weighted by molar-refractivity contribution is 5.83. The van der Waals surface area contributed by atoms with Crippen LogP contribution >= 0.6 is 0 Å². The molecule has 4 N–H and O–H groups in total. The summed E-state index contributed by atoms with van der Waals surface area (Å²) in [5, 5.41) is 6.81. The lowest BCUT2D eigenvalue weighted by molar-refractivity contribution is -0.130. The number of hydrogen-bond donors (Lipinski definition) is 3. The van der Waals surface area contributed by atoms with Gasteiger partial charge in [-0.25, -0.2) is 0 Å². The normalized spacial score (nSPS) is 20.9. The average molecular weight is 564 g/mol. The number of rotatable bonds is 17. The molecule has 2 rings (SSSR count). The second-order valence-electron chi connectivity index (χ2n) is 12.3. The van der Waals surface area contributed by atoms with Crippen LogP contribution in [0.3, 0.4) is 0 Å². The number of carbonyl (C=O) groups is 2. The van der Waals surface area contributed by atoms with Gasteiger partial charge in [0, 0.05) is 51.8 Å². The summed E-state index contributed by atoms with van der Waals surface area (Å²) < 4.78 is 22.8. The zero-order chi connectivity index (χ0) is 30.0. The first kappa shape index (κ1) is 33.8. The Bertz CT molecular complexity index is 951. The number of benzene rings is 1. The molecule has 1 fully saturated rings. The van der Waals surface area contributed by atoms with Crippen molar-refractivity contribution in [3.63, 3.8) is 0 Å². The van der Waals surface area contributed by atoms with Gasteiger partial charge in [0.1, 0.15) is 0 Å². The van der Waals surface area contributed by atoms with Gasteiger partial charge >= 0.3 is 0 Å². The molecule has 1 heterocycles. The summed E-state index contributed by atoms with van der Waals surface area (Å²) in [7, 11) is 5.05. The maximum Gasteiger partial charge on any atom is 0.224 e. The van der Waals surface area contributed by atoms with E-state index < -0.39 is 11.3 Å². The fourth-order valence-corrected chi connectivity index (χ4v) is 5.38. The molecule has 40 heavy (non-hydrogen) atoms. The lowest BCUT2D eigenvalue weighted by Gasteiger charge is -2.30. The van der Waals surface area contributed by atoms with E-state index in [4.69, 9.17) is 24.7 Å². The SMILES string of the molecule is COCCCOc1cc(C2N[C@H]([C@H](C[C@H](C(=O)NCC(C)(C)C(N)=O)C(C)C)OC)CC2C(C)C)ccc1OC. The molecule has 1 aliphatic rings. The van der Waals surface area contributed by atoms with Crippen molar-refractivity contribution in [3.05, 3.63) is 23.8 Å². The quantitative estimate of drug-likeness (QED) is 0.244. The summed E-state index contributed by atoms with van der Waals surface area (Å²) in [6, 6.07) is 6.33. The molecule has 2 amide bonds. The van der Waals surface area contributed by atoms with Gasteiger partial charge in [-0.2, -0.15) is 0 Å². The predicted molar refractivity (Wildman–Crippen MR) is 157 cm³/mol. The van der Waals surface area contributed by atoms with Crippen LogP contribution in [0.15, 0.2) is 18.2 Å². The molecule has 0 bridgehead atoms. The number of amides is 2. The molecule has 9 heteroatoms. The zero-order valence-electron chi connectivity index (χ0n) is 26.0. The van der Waals surface area contributed by atoms with Crippen LogP contribution in [0.4, 0.5) is 0 Å². The van der Waals surface area contributed by atoms with Crippen LogP contribution in [0.2, 0.25) is 0 Å². The van der Waals surface area contributed by atoms with Gasteiger partial charge in [0.15, 0.2) is 11.5 Å². The van der Waals surface area contributed by atoms with E-state index in [1.54, 1.807) is 35.2 Å². The van der Waals surface area contributed by atoms with Crippen molar-refractivity contribution in [1.82, 2.24) is 10.6 Å². The zero-order valence-corrected chi connectivity index (χ0v) is 26.0. The first-order valence-electron chi connectivity index (χ1n) is 14.5. The third kappa shape index (κ3) is 9.08. The van der Waals surface area contributed by atoms with Gasteiger partial charge < -0.3 is 35.3 Å². The molecule has 1 saturated heterocycles. The maximum absolute atomic E-state index is 13.2. The Balaban J connectivity index is 2.21. The number of primary amides is 1. The topological polar surface area (TPSA) is 121 Å². The standard InChI is InChI=1S/C31H53N3O6/c1-19(2)22-16-24(26(39-9)17-23(20(3)4)29(35)33-18-31(5,6)30(32)36)34-28(22)21-11-12-25(38-8)27(15-21)40-14-10-13-37-7/h11-12,15,19-20,22-24,26,28,34H,10,13-14,16-18H2,1-9H3,(H2,32,36)(H,33,35)/t22?,23-,24-,26-,28?/m0/s1. The Morgan fingerprint density at radius 1 is 1.10 bits per heavy atom. The van der Waals surface area contributed by atoms with E-state index in [1.165, 1.54) is 0 Å². The number of carbonyl (C=O) groups excluding carboxylic acids is 2. The van der Waals surface area contributed by atoms with E-state index in [0.29, 0.717) is 37.2 Å². The van der Waals surface area contributed by atoms with Crippen LogP contribution in [0.5, 0.6) is 11.5 Å². The number of ether oxygens (including phenoxy) is 4. The monoisotopic (exact) mass is 563 g/mol. The van der Waals surface area contributed by atoms with Gasteiger partial charge in [-0.1, -0.05) is 33.8 Å². The highest BCUT2D eigenvalue weighted by Crippen LogP contribution is 2.42. The summed E-state index contributed by atoms with van der Waals surface area (Å²) in [6.07, 6.45) is 2.14. The molecule has 0 aliphatic carbocycles. The smallest absolute Gasteiger partial charge is 0.224 e. The number of hydrogen-bond acceptors (Lipinski definition) is 7. The van der Waals surface area contributed by atoms with E-state index in [-0.39, 0.29) is 42.5 Å². The maximum atomic E-state index is 13.2. The van der Waals surface area contributed by atoms with Crippen LogP contribution in [0, 0.1) is 29.1 Å². The van der Waals surface area contributed by atoms with E-state index in [1.807, 2.05) is 19.9 Å². The van der Waals surface area contributed by atoms with Crippen molar-refractivity contribution in [2.45, 2.75) is 79.0 Å². The highest BCUT2D eigenvalue weighted by atomic mass is 16.5. The highest BCUT2D eigenvalue weighted by Gasteiger charge is 2.41. The molecular formula is C31H53N3O6. The van der Waals surface area contributed by atoms with E-state index in [9.17, 15) is 9.59 Å². The molecule has 0 aromatic heterocycles. The number of methoxy groups -OCH3 is 3. The first-order chi connectivity index (χ1) is 18.9. The first-order valence-corrected chi connectivity index (χ1v) is 14.5. The Morgan fingerprint density at radius 2 is 1.80 bits per heavy atom. The second kappa shape index (κ2) is 15.6. The molecule has 1 aromatic carbocycles. The lowest BCUT2D eigenvalue weighted by Crippen LogP contribution is -2.46. The summed E-state index contributed by atoms with van der Waals surface area (Å²) in [6.45, 7) is 13.5. The van der Waals surface area contributed by atoms with Crippen LogP contribution in [0.25, 0.3) is 0 Å². The van der Waals surface area contributed by atoms with Gasteiger partial charge in [0.2, 0.25) is 11.8 Å². The van der Waals surface area contributed by atoms with Crippen LogP contribution in [-0.2, 0) is 19.1 Å². The minimum Gasteiger partial charge on any atom is -0.493 e. The third-order valence-corrected chi connectivity index (χ3v) is 8.25. The summed E-state index contributed by atoms with van der Waals surface area (Å²) in [5.74, 6) is 1.57. The second-order valence-corrected chi connectivity index (χ2v) is 12.3. The molecular weight excluding hydrogens is 510 g/mol. The predicted octanol–water partition coefficient (Wildman–Crippen LogP) is 4.09. The van der Waals surface area contributed by atoms with Crippen LogP contribution in [-0.4, -0.2) is 65.0 Å². The lowest BCUT2D eigenvalue weighted by atomic mass is 9.82. The fourth-order valence-electron chi connectivity index (χ4n) is 5.38. The van der Waals surface area contributed by atoms with Gasteiger partial charge in [-0.15, -0.1) is 0 Å². The minimum absolute atomic E-state index is 0.0756. The summed E-state index contributed by atoms with van der Waals surface area (Å²) in [4.78, 5) is 25.0. The number of nitrogens with one attached hydrogen (secondary N) is 2.